The molecular weight excluding hydrogens is 482 g/mol. The van der Waals surface area contributed by atoms with Gasteiger partial charge in [0.2, 0.25) is 0 Å². The first-order valence-electron chi connectivity index (χ1n) is 11.2. The van der Waals surface area contributed by atoms with Gasteiger partial charge < -0.3 is 9.30 Å². The Morgan fingerprint density at radius 2 is 1.74 bits per heavy atom. The first kappa shape index (κ1) is 24.7. The third-order valence-electron chi connectivity index (χ3n) is 5.73. The van der Waals surface area contributed by atoms with Crippen LogP contribution in [0.4, 0.5) is 5.69 Å². The number of ether oxygens (including phenoxy) is 1. The van der Waals surface area contributed by atoms with Crippen molar-refractivity contribution in [1.82, 2.24) is 4.57 Å². The number of carbonyl (C=O) groups is 1. The quantitative estimate of drug-likeness (QED) is 0.351. The number of nitrogens with zero attached hydrogens (tertiary/aromatic N) is 3. The molecule has 7 nitrogen and oxygen atoms in total. The van der Waals surface area contributed by atoms with Crippen molar-refractivity contribution in [2.75, 3.05) is 18.5 Å². The number of hydrogen-bond donors (Lipinski definition) is 0. The molecule has 0 unspecified atom stereocenters. The molecule has 3 aromatic carbocycles. The Labute approximate surface area is 209 Å². The number of benzene rings is 3. The number of carbonyl (C=O) groups excluding carboxylic acids is 1. The number of sulfonamides is 1. The summed E-state index contributed by atoms with van der Waals surface area (Å²) in [7, 11) is -0.629. The van der Waals surface area contributed by atoms with Crippen LogP contribution in [0.5, 0.6) is 5.75 Å². The van der Waals surface area contributed by atoms with Gasteiger partial charge in [0.25, 0.3) is 15.9 Å². The summed E-state index contributed by atoms with van der Waals surface area (Å²) >= 11 is 1.44. The molecule has 35 heavy (non-hydrogen) atoms. The second-order valence-corrected chi connectivity index (χ2v) is 11.0. The second kappa shape index (κ2) is 10.1. The molecule has 0 saturated carbocycles. The fourth-order valence-electron chi connectivity index (χ4n) is 3.82. The lowest BCUT2D eigenvalue weighted by Gasteiger charge is -2.19. The van der Waals surface area contributed by atoms with Crippen LogP contribution in [0.2, 0.25) is 0 Å². The average Bonchev–Trinajstić information content (AvgIpc) is 3.23. The van der Waals surface area contributed by atoms with Gasteiger partial charge in [-0.2, -0.15) is 4.99 Å². The third kappa shape index (κ3) is 4.74. The number of anilines is 1. The molecule has 0 fully saturated rings. The van der Waals surface area contributed by atoms with E-state index < -0.39 is 15.9 Å². The van der Waals surface area contributed by atoms with Gasteiger partial charge in [-0.25, -0.2) is 8.42 Å². The molecule has 0 bridgehead atoms. The molecule has 1 amide bonds. The summed E-state index contributed by atoms with van der Waals surface area (Å²) in [5.41, 5.74) is 2.88. The van der Waals surface area contributed by atoms with Gasteiger partial charge in [0.1, 0.15) is 11.3 Å². The Kier molecular flexibility index (Phi) is 7.09. The number of aromatic nitrogens is 1. The number of rotatable bonds is 7. The van der Waals surface area contributed by atoms with E-state index >= 15 is 0 Å². The number of thiazole rings is 1. The zero-order valence-corrected chi connectivity index (χ0v) is 21.7. The topological polar surface area (TPSA) is 81.0 Å². The molecule has 0 atom stereocenters. The van der Waals surface area contributed by atoms with E-state index in [0.29, 0.717) is 22.6 Å². The summed E-state index contributed by atoms with van der Waals surface area (Å²) in [4.78, 5) is 18.1. The maximum Gasteiger partial charge on any atom is 0.279 e. The van der Waals surface area contributed by atoms with E-state index in [1.165, 1.54) is 47.0 Å². The van der Waals surface area contributed by atoms with Crippen LogP contribution in [-0.2, 0) is 16.6 Å². The highest BCUT2D eigenvalue weighted by Gasteiger charge is 2.21. The van der Waals surface area contributed by atoms with E-state index in [1.807, 2.05) is 29.7 Å². The fourth-order valence-corrected chi connectivity index (χ4v) is 6.15. The largest absolute Gasteiger partial charge is 0.495 e. The Morgan fingerprint density at radius 3 is 2.37 bits per heavy atom. The predicted octanol–water partition coefficient (Wildman–Crippen LogP) is 5.00. The molecule has 0 aliphatic carbocycles. The molecule has 4 aromatic rings. The molecule has 0 saturated heterocycles. The number of para-hydroxylation sites is 1. The van der Waals surface area contributed by atoms with E-state index in [2.05, 4.69) is 11.9 Å². The summed E-state index contributed by atoms with van der Waals surface area (Å²) in [6.07, 6.45) is 0.867. The predicted molar refractivity (Wildman–Crippen MR) is 140 cm³/mol. The van der Waals surface area contributed by atoms with E-state index in [4.69, 9.17) is 4.74 Å². The smallest absolute Gasteiger partial charge is 0.279 e. The highest BCUT2D eigenvalue weighted by molar-refractivity contribution is 7.92. The SMILES string of the molecule is CCCn1c(=NC(=O)c2ccc(S(=O)(=O)N(C)c3ccccc3)cc2)sc2c(C)ccc(OC)c21. The Bertz CT molecular complexity index is 1540. The molecule has 9 heteroatoms. The highest BCUT2D eigenvalue weighted by Crippen LogP contribution is 2.30. The Morgan fingerprint density at radius 1 is 1.06 bits per heavy atom. The first-order chi connectivity index (χ1) is 16.8. The van der Waals surface area contributed by atoms with Crippen LogP contribution in [0.15, 0.2) is 76.6 Å². The first-order valence-corrected chi connectivity index (χ1v) is 13.4. The van der Waals surface area contributed by atoms with Crippen LogP contribution in [0, 0.1) is 6.92 Å². The van der Waals surface area contributed by atoms with Crippen LogP contribution < -0.4 is 13.8 Å². The number of fused-ring (bicyclic) bond motifs is 1. The maximum atomic E-state index is 13.0. The van der Waals surface area contributed by atoms with Crippen LogP contribution >= 0.6 is 11.3 Å². The Balaban J connectivity index is 1.70. The van der Waals surface area contributed by atoms with Crippen molar-refractivity contribution in [3.8, 4) is 5.75 Å². The minimum Gasteiger partial charge on any atom is -0.495 e. The molecule has 0 spiro atoms. The van der Waals surface area contributed by atoms with Gasteiger partial charge in [0.15, 0.2) is 4.80 Å². The van der Waals surface area contributed by atoms with Crippen molar-refractivity contribution in [3.63, 3.8) is 0 Å². The van der Waals surface area contributed by atoms with E-state index in [9.17, 15) is 13.2 Å². The van der Waals surface area contributed by atoms with E-state index in [-0.39, 0.29) is 4.90 Å². The molecule has 4 rings (SSSR count). The minimum atomic E-state index is -3.76. The summed E-state index contributed by atoms with van der Waals surface area (Å²) in [5, 5.41) is 0. The van der Waals surface area contributed by atoms with E-state index in [1.54, 1.807) is 31.4 Å². The molecule has 1 heterocycles. The van der Waals surface area contributed by atoms with Crippen LogP contribution in [0.3, 0.4) is 0 Å². The van der Waals surface area contributed by atoms with Gasteiger partial charge in [0, 0.05) is 19.2 Å². The summed E-state index contributed by atoms with van der Waals surface area (Å²) in [6, 6.07) is 18.6. The maximum absolute atomic E-state index is 13.0. The van der Waals surface area contributed by atoms with Crippen molar-refractivity contribution in [1.29, 1.82) is 0 Å². The van der Waals surface area contributed by atoms with Crippen molar-refractivity contribution in [2.45, 2.75) is 31.7 Å². The standard InChI is InChI=1S/C26H27N3O4S2/c1-5-17-29-23-22(33-4)16-11-18(2)24(23)34-26(29)27-25(30)19-12-14-21(15-13-19)35(31,32)28(3)20-9-7-6-8-10-20/h6-16H,5,17H2,1-4H3. The lowest BCUT2D eigenvalue weighted by molar-refractivity contribution is 0.0997. The third-order valence-corrected chi connectivity index (χ3v) is 8.74. The minimum absolute atomic E-state index is 0.101. The summed E-state index contributed by atoms with van der Waals surface area (Å²) < 4.78 is 35.9. The van der Waals surface area contributed by atoms with Crippen LogP contribution in [0.1, 0.15) is 29.3 Å². The summed E-state index contributed by atoms with van der Waals surface area (Å²) in [6.45, 7) is 4.77. The van der Waals surface area contributed by atoms with Gasteiger partial charge in [-0.15, -0.1) is 0 Å². The van der Waals surface area contributed by atoms with Gasteiger partial charge in [0.05, 0.1) is 22.4 Å². The van der Waals surface area contributed by atoms with Crippen LogP contribution in [-0.4, -0.2) is 33.0 Å². The molecule has 0 N–H and O–H groups in total. The average molecular weight is 510 g/mol. The van der Waals surface area contributed by atoms with Gasteiger partial charge in [-0.05, 0) is 61.4 Å². The Hall–Kier alpha value is -3.43. The van der Waals surface area contributed by atoms with Gasteiger partial charge in [-0.1, -0.05) is 42.5 Å². The second-order valence-electron chi connectivity index (χ2n) is 8.05. The molecule has 0 radical (unpaired) electrons. The number of methoxy groups -OCH3 is 1. The monoisotopic (exact) mass is 509 g/mol. The van der Waals surface area contributed by atoms with Crippen molar-refractivity contribution in [2.24, 2.45) is 4.99 Å². The molecular formula is C26H27N3O4S2. The van der Waals surface area contributed by atoms with Crippen molar-refractivity contribution >= 4 is 43.2 Å². The fraction of sp³-hybridized carbons (Fsp3) is 0.231. The van der Waals surface area contributed by atoms with Gasteiger partial charge in [-0.3, -0.25) is 9.10 Å². The normalized spacial score (nSPS) is 12.2. The van der Waals surface area contributed by atoms with Gasteiger partial charge >= 0.3 is 0 Å². The number of aryl methyl sites for hydroxylation is 2. The molecule has 1 aromatic heterocycles. The zero-order valence-electron chi connectivity index (χ0n) is 20.1. The lowest BCUT2D eigenvalue weighted by atomic mass is 10.2. The van der Waals surface area contributed by atoms with E-state index in [0.717, 1.165) is 28.0 Å². The van der Waals surface area contributed by atoms with Crippen molar-refractivity contribution in [3.05, 3.63) is 82.7 Å². The number of hydrogen-bond acceptors (Lipinski definition) is 5. The van der Waals surface area contributed by atoms with Crippen molar-refractivity contribution < 1.29 is 17.9 Å². The lowest BCUT2D eigenvalue weighted by Crippen LogP contribution is -2.26. The summed E-state index contributed by atoms with van der Waals surface area (Å²) in [5.74, 6) is 0.305. The zero-order chi connectivity index (χ0) is 25.2. The number of amides is 1. The van der Waals surface area contributed by atoms with Crippen LogP contribution in [0.25, 0.3) is 10.2 Å². The molecule has 0 aliphatic rings. The molecule has 182 valence electrons. The molecule has 0 aliphatic heterocycles. The highest BCUT2D eigenvalue weighted by atomic mass is 32.2.